The maximum atomic E-state index is 9.89. The molecule has 0 bridgehead atoms. The molecule has 0 heterocycles. The highest BCUT2D eigenvalue weighted by atomic mass is 19.3. The lowest BCUT2D eigenvalue weighted by Crippen LogP contribution is -2.12. The van der Waals surface area contributed by atoms with Crippen molar-refractivity contribution >= 4 is 0 Å². The van der Waals surface area contributed by atoms with Crippen LogP contribution in [0.25, 0.3) is 0 Å². The molecule has 0 aliphatic heterocycles. The van der Waals surface area contributed by atoms with Crippen LogP contribution in [0.1, 0.15) is 59.8 Å². The minimum Gasteiger partial charge on any atom is -0.339 e. The van der Waals surface area contributed by atoms with Crippen molar-refractivity contribution in [2.75, 3.05) is 0 Å². The summed E-state index contributed by atoms with van der Waals surface area (Å²) in [5, 5.41) is 6.72. The van der Waals surface area contributed by atoms with Crippen LogP contribution >= 0.6 is 0 Å². The van der Waals surface area contributed by atoms with Crippen LogP contribution in [0.4, 0.5) is 8.78 Å². The van der Waals surface area contributed by atoms with Crippen LogP contribution in [0.2, 0.25) is 0 Å². The molecule has 0 spiro atoms. The molecule has 1 fully saturated rings. The predicted molar refractivity (Wildman–Crippen MR) is 61.0 cm³/mol. The summed E-state index contributed by atoms with van der Waals surface area (Å²) in [7, 11) is 0. The molecule has 0 atom stereocenters. The molecular formula is C12H26F2O. The van der Waals surface area contributed by atoms with E-state index < -0.39 is 6.61 Å². The maximum Gasteiger partial charge on any atom is 0.342 e. The van der Waals surface area contributed by atoms with Crippen molar-refractivity contribution in [3.63, 3.8) is 0 Å². The Hall–Kier alpha value is -0.180. The number of halogens is 2. The van der Waals surface area contributed by atoms with Crippen LogP contribution in [0.3, 0.4) is 0 Å². The van der Waals surface area contributed by atoms with Gasteiger partial charge in [0.05, 0.1) is 0 Å². The Morgan fingerprint density at radius 3 is 1.53 bits per heavy atom. The standard InChI is InChI=1S/C9H18.C2H6.CH2F2O/c1-8(2)9-6-4-3-5-7-9;1-2;2-1(3)4/h8-9H,3-7H2,1-2H3;1-2H3;1,4H. The number of hydrogen-bond donors (Lipinski definition) is 1. The summed E-state index contributed by atoms with van der Waals surface area (Å²) >= 11 is 0. The zero-order valence-corrected chi connectivity index (χ0v) is 10.5. The molecule has 1 N–H and O–H groups in total. The van der Waals surface area contributed by atoms with Gasteiger partial charge in [0.2, 0.25) is 0 Å². The first-order chi connectivity index (χ1) is 7.04. The van der Waals surface area contributed by atoms with E-state index in [0.717, 1.165) is 11.8 Å². The second-order valence-electron chi connectivity index (χ2n) is 3.92. The predicted octanol–water partition coefficient (Wildman–Crippen LogP) is 4.45. The van der Waals surface area contributed by atoms with Gasteiger partial charge in [0.25, 0.3) is 0 Å². The minimum atomic E-state index is -3.17. The fraction of sp³-hybridized carbons (Fsp3) is 1.00. The lowest BCUT2D eigenvalue weighted by molar-refractivity contribution is -0.0728. The van der Waals surface area contributed by atoms with Gasteiger partial charge in [0.1, 0.15) is 0 Å². The average molecular weight is 224 g/mol. The number of alkyl halides is 2. The number of aliphatic hydroxyl groups is 1. The van der Waals surface area contributed by atoms with Crippen LogP contribution in [0.15, 0.2) is 0 Å². The minimum absolute atomic E-state index is 0.935. The van der Waals surface area contributed by atoms with Crippen LogP contribution in [-0.4, -0.2) is 11.7 Å². The van der Waals surface area contributed by atoms with Gasteiger partial charge >= 0.3 is 6.61 Å². The molecule has 0 aromatic carbocycles. The quantitative estimate of drug-likeness (QED) is 0.697. The summed E-state index contributed by atoms with van der Waals surface area (Å²) in [5.41, 5.74) is 0. The van der Waals surface area contributed by atoms with Gasteiger partial charge in [-0.25, -0.2) is 0 Å². The van der Waals surface area contributed by atoms with E-state index in [1.807, 2.05) is 13.8 Å². The Morgan fingerprint density at radius 2 is 1.33 bits per heavy atom. The SMILES string of the molecule is CC.CC(C)C1CCCCC1.OC(F)F. The van der Waals surface area contributed by atoms with Crippen molar-refractivity contribution in [2.24, 2.45) is 11.8 Å². The normalized spacial score (nSPS) is 16.6. The van der Waals surface area contributed by atoms with Gasteiger partial charge in [0, 0.05) is 0 Å². The first-order valence-corrected chi connectivity index (χ1v) is 6.00. The molecule has 0 radical (unpaired) electrons. The van der Waals surface area contributed by atoms with Gasteiger partial charge in [-0.15, -0.1) is 0 Å². The van der Waals surface area contributed by atoms with Gasteiger partial charge in [0.15, 0.2) is 0 Å². The van der Waals surface area contributed by atoms with Crippen molar-refractivity contribution in [1.82, 2.24) is 0 Å². The third-order valence-electron chi connectivity index (χ3n) is 2.59. The fourth-order valence-electron chi connectivity index (χ4n) is 1.80. The van der Waals surface area contributed by atoms with E-state index >= 15 is 0 Å². The van der Waals surface area contributed by atoms with Crippen LogP contribution in [0.5, 0.6) is 0 Å². The van der Waals surface area contributed by atoms with E-state index in [2.05, 4.69) is 13.8 Å². The largest absolute Gasteiger partial charge is 0.342 e. The number of aliphatic hydroxyl groups excluding tert-OH is 1. The highest BCUT2D eigenvalue weighted by Crippen LogP contribution is 2.29. The van der Waals surface area contributed by atoms with E-state index in [0.29, 0.717) is 0 Å². The molecule has 15 heavy (non-hydrogen) atoms. The smallest absolute Gasteiger partial charge is 0.339 e. The molecular weight excluding hydrogens is 198 g/mol. The average Bonchev–Trinajstić information content (AvgIpc) is 2.21. The molecule has 0 unspecified atom stereocenters. The van der Waals surface area contributed by atoms with Crippen molar-refractivity contribution in [3.8, 4) is 0 Å². The molecule has 94 valence electrons. The summed E-state index contributed by atoms with van der Waals surface area (Å²) in [4.78, 5) is 0. The molecule has 1 aliphatic carbocycles. The summed E-state index contributed by atoms with van der Waals surface area (Å²) in [6, 6.07) is 0. The molecule has 1 rings (SSSR count). The Bertz CT molecular complexity index is 107. The lowest BCUT2D eigenvalue weighted by atomic mass is 9.82. The Labute approximate surface area is 92.9 Å². The van der Waals surface area contributed by atoms with Gasteiger partial charge in [-0.05, 0) is 11.8 Å². The molecule has 1 saturated carbocycles. The van der Waals surface area contributed by atoms with Crippen LogP contribution < -0.4 is 0 Å². The second-order valence-corrected chi connectivity index (χ2v) is 3.92. The van der Waals surface area contributed by atoms with Crippen molar-refractivity contribution in [2.45, 2.75) is 66.4 Å². The molecule has 3 heteroatoms. The highest BCUT2D eigenvalue weighted by Gasteiger charge is 2.15. The molecule has 0 amide bonds. The third kappa shape index (κ3) is 13.8. The van der Waals surface area contributed by atoms with Gasteiger partial charge in [-0.2, -0.15) is 8.78 Å². The van der Waals surface area contributed by atoms with Crippen LogP contribution in [0, 0.1) is 11.8 Å². The number of rotatable bonds is 1. The topological polar surface area (TPSA) is 20.2 Å². The highest BCUT2D eigenvalue weighted by molar-refractivity contribution is 4.67. The summed E-state index contributed by atoms with van der Waals surface area (Å²) < 4.78 is 19.8. The summed E-state index contributed by atoms with van der Waals surface area (Å²) in [6.45, 7) is 5.55. The number of hydrogen-bond acceptors (Lipinski definition) is 1. The van der Waals surface area contributed by atoms with E-state index in [-0.39, 0.29) is 0 Å². The summed E-state index contributed by atoms with van der Waals surface area (Å²) in [5.74, 6) is 1.99. The molecule has 1 aliphatic rings. The third-order valence-corrected chi connectivity index (χ3v) is 2.59. The van der Waals surface area contributed by atoms with E-state index in [1.165, 1.54) is 32.1 Å². The first-order valence-electron chi connectivity index (χ1n) is 6.00. The van der Waals surface area contributed by atoms with E-state index in [4.69, 9.17) is 5.11 Å². The van der Waals surface area contributed by atoms with Gasteiger partial charge in [-0.3, -0.25) is 0 Å². The Morgan fingerprint density at radius 1 is 1.00 bits per heavy atom. The maximum absolute atomic E-state index is 9.89. The Kier molecular flexibility index (Phi) is 13.7. The molecule has 0 aromatic rings. The van der Waals surface area contributed by atoms with E-state index in [1.54, 1.807) is 0 Å². The second kappa shape index (κ2) is 11.9. The zero-order chi connectivity index (χ0) is 12.3. The molecule has 0 saturated heterocycles. The lowest BCUT2D eigenvalue weighted by Gasteiger charge is -2.24. The van der Waals surface area contributed by atoms with Crippen molar-refractivity contribution in [1.29, 1.82) is 0 Å². The first kappa shape index (κ1) is 17.2. The van der Waals surface area contributed by atoms with Gasteiger partial charge < -0.3 is 5.11 Å². The monoisotopic (exact) mass is 224 g/mol. The van der Waals surface area contributed by atoms with Gasteiger partial charge in [-0.1, -0.05) is 59.8 Å². The molecule has 0 aromatic heterocycles. The van der Waals surface area contributed by atoms with Crippen LogP contribution in [-0.2, 0) is 0 Å². The van der Waals surface area contributed by atoms with E-state index in [9.17, 15) is 8.78 Å². The molecule has 1 nitrogen and oxygen atoms in total. The fourth-order valence-corrected chi connectivity index (χ4v) is 1.80. The zero-order valence-electron chi connectivity index (χ0n) is 10.5. The van der Waals surface area contributed by atoms with Crippen molar-refractivity contribution in [3.05, 3.63) is 0 Å². The summed E-state index contributed by atoms with van der Waals surface area (Å²) in [6.07, 6.45) is 7.46. The Balaban J connectivity index is 0. The van der Waals surface area contributed by atoms with Crippen molar-refractivity contribution < 1.29 is 13.9 Å².